The van der Waals surface area contributed by atoms with E-state index in [2.05, 4.69) is 27.7 Å². The van der Waals surface area contributed by atoms with Crippen molar-refractivity contribution in [1.29, 1.82) is 0 Å². The number of ether oxygens (including phenoxy) is 4. The maximum atomic E-state index is 13.1. The molecule has 0 saturated carbocycles. The van der Waals surface area contributed by atoms with Gasteiger partial charge in [0, 0.05) is 0 Å². The van der Waals surface area contributed by atoms with Gasteiger partial charge in [0.15, 0.2) is 0 Å². The second-order valence-electron chi connectivity index (χ2n) is 10.5. The molecule has 0 aliphatic carbocycles. The molecule has 2 atom stereocenters. The Kier molecular flexibility index (Phi) is 27.1. The lowest BCUT2D eigenvalue weighted by Gasteiger charge is -2.21. The van der Waals surface area contributed by atoms with E-state index in [1.807, 2.05) is 0 Å². The van der Waals surface area contributed by atoms with Crippen molar-refractivity contribution in [3.05, 3.63) is 0 Å². The van der Waals surface area contributed by atoms with E-state index in [1.54, 1.807) is 0 Å². The van der Waals surface area contributed by atoms with Crippen LogP contribution in [0.25, 0.3) is 0 Å². The minimum Gasteiger partial charge on any atom is -0.466 e. The number of hydrogen-bond donors (Lipinski definition) is 0. The highest BCUT2D eigenvalue weighted by molar-refractivity contribution is 8.01. The van der Waals surface area contributed by atoms with E-state index >= 15 is 0 Å². The topological polar surface area (TPSA) is 105 Å². The van der Waals surface area contributed by atoms with E-state index in [1.165, 1.54) is 0 Å². The van der Waals surface area contributed by atoms with Gasteiger partial charge in [-0.2, -0.15) is 0 Å². The van der Waals surface area contributed by atoms with Crippen LogP contribution in [0.3, 0.4) is 0 Å². The highest BCUT2D eigenvalue weighted by atomic mass is 32.2. The third-order valence-electron chi connectivity index (χ3n) is 6.56. The van der Waals surface area contributed by atoms with Crippen molar-refractivity contribution < 1.29 is 38.1 Å². The van der Waals surface area contributed by atoms with Crippen molar-refractivity contribution in [3.8, 4) is 0 Å². The van der Waals surface area contributed by atoms with Crippen LogP contribution in [-0.4, -0.2) is 60.8 Å². The highest BCUT2D eigenvalue weighted by Crippen LogP contribution is 2.27. The molecule has 0 heterocycles. The highest BCUT2D eigenvalue weighted by Gasteiger charge is 2.34. The van der Waals surface area contributed by atoms with E-state index in [9.17, 15) is 19.2 Å². The predicted molar refractivity (Wildman–Crippen MR) is 165 cm³/mol. The smallest absolute Gasteiger partial charge is 0.319 e. The zero-order valence-electron chi connectivity index (χ0n) is 26.4. The monoisotopic (exact) mass is 602 g/mol. The molecule has 0 aromatic carbocycles. The van der Waals surface area contributed by atoms with Crippen LogP contribution in [0.2, 0.25) is 0 Å². The Morgan fingerprint density at radius 2 is 0.732 bits per heavy atom. The molecule has 0 saturated heterocycles. The van der Waals surface area contributed by atoms with Gasteiger partial charge in [-0.15, -0.1) is 11.8 Å². The minimum absolute atomic E-state index is 0.238. The fourth-order valence-corrected chi connectivity index (χ4v) is 5.23. The maximum absolute atomic E-state index is 13.1. The Balaban J connectivity index is 5.37. The van der Waals surface area contributed by atoms with E-state index in [0.29, 0.717) is 0 Å². The minimum atomic E-state index is -0.987. The summed E-state index contributed by atoms with van der Waals surface area (Å²) in [6.07, 6.45) is 14.8. The quantitative estimate of drug-likeness (QED) is 0.0505. The van der Waals surface area contributed by atoms with Crippen LogP contribution in [0.4, 0.5) is 0 Å². The fraction of sp³-hybridized carbons (Fsp3) is 0.875. The lowest BCUT2D eigenvalue weighted by atomic mass is 10.2. The van der Waals surface area contributed by atoms with Crippen LogP contribution in [0, 0.1) is 0 Å². The Morgan fingerprint density at radius 1 is 0.439 bits per heavy atom. The summed E-state index contributed by atoms with van der Waals surface area (Å²) in [5, 5.41) is -1.97. The van der Waals surface area contributed by atoms with Crippen LogP contribution in [-0.2, 0) is 38.1 Å². The zero-order chi connectivity index (χ0) is 30.6. The predicted octanol–water partition coefficient (Wildman–Crippen LogP) is 7.73. The number of thioether (sulfide) groups is 1. The molecule has 0 aliphatic rings. The van der Waals surface area contributed by atoms with Gasteiger partial charge >= 0.3 is 23.9 Å². The molecule has 9 heteroatoms. The van der Waals surface area contributed by atoms with E-state index in [-0.39, 0.29) is 39.3 Å². The van der Waals surface area contributed by atoms with Gasteiger partial charge < -0.3 is 18.9 Å². The average Bonchev–Trinajstić information content (AvgIpc) is 2.95. The van der Waals surface area contributed by atoms with E-state index in [4.69, 9.17) is 18.9 Å². The first-order valence-electron chi connectivity index (χ1n) is 16.2. The van der Waals surface area contributed by atoms with Gasteiger partial charge in [0.05, 0.1) is 39.3 Å². The van der Waals surface area contributed by atoms with Crippen molar-refractivity contribution in [3.63, 3.8) is 0 Å². The van der Waals surface area contributed by atoms with Crippen LogP contribution < -0.4 is 0 Å². The lowest BCUT2D eigenvalue weighted by molar-refractivity contribution is -0.150. The molecule has 0 N–H and O–H groups in total. The number of carbonyl (C=O) groups is 4. The molecule has 0 fully saturated rings. The first-order valence-corrected chi connectivity index (χ1v) is 17.1. The van der Waals surface area contributed by atoms with Gasteiger partial charge in [-0.3, -0.25) is 19.2 Å². The first kappa shape index (κ1) is 39.2. The first-order chi connectivity index (χ1) is 19.9. The van der Waals surface area contributed by atoms with Crippen molar-refractivity contribution in [2.45, 2.75) is 154 Å². The molecule has 0 unspecified atom stereocenters. The summed E-state index contributed by atoms with van der Waals surface area (Å²) in [6.45, 7) is 9.49. The largest absolute Gasteiger partial charge is 0.466 e. The fourth-order valence-electron chi connectivity index (χ4n) is 4.01. The summed E-state index contributed by atoms with van der Waals surface area (Å²) in [4.78, 5) is 51.4. The van der Waals surface area contributed by atoms with Crippen LogP contribution in [0.1, 0.15) is 143 Å². The van der Waals surface area contributed by atoms with Gasteiger partial charge in [0.1, 0.15) is 10.5 Å². The average molecular weight is 603 g/mol. The maximum Gasteiger partial charge on any atom is 0.319 e. The Morgan fingerprint density at radius 3 is 1.02 bits per heavy atom. The van der Waals surface area contributed by atoms with Crippen molar-refractivity contribution in [2.24, 2.45) is 0 Å². The molecular weight excluding hydrogens is 544 g/mol. The third kappa shape index (κ3) is 23.5. The van der Waals surface area contributed by atoms with Crippen molar-refractivity contribution in [1.82, 2.24) is 0 Å². The molecule has 0 radical (unpaired) electrons. The van der Waals surface area contributed by atoms with Gasteiger partial charge in [-0.05, 0) is 25.7 Å². The summed E-state index contributed by atoms with van der Waals surface area (Å²) in [7, 11) is 0. The Hall–Kier alpha value is -1.77. The second-order valence-corrected chi connectivity index (χ2v) is 12.0. The molecule has 240 valence electrons. The molecule has 8 nitrogen and oxygen atoms in total. The molecule has 41 heavy (non-hydrogen) atoms. The molecule has 0 aromatic heterocycles. The van der Waals surface area contributed by atoms with Crippen molar-refractivity contribution in [2.75, 3.05) is 26.4 Å². The molecule has 0 aliphatic heterocycles. The van der Waals surface area contributed by atoms with Crippen LogP contribution in [0.15, 0.2) is 0 Å². The normalized spacial score (nSPS) is 12.4. The molecular formula is C32H58O8S. The Labute approximate surface area is 253 Å². The van der Waals surface area contributed by atoms with E-state index < -0.39 is 34.4 Å². The lowest BCUT2D eigenvalue weighted by Crippen LogP contribution is -2.32. The number of rotatable bonds is 28. The summed E-state index contributed by atoms with van der Waals surface area (Å²) < 4.78 is 21.7. The van der Waals surface area contributed by atoms with Crippen molar-refractivity contribution >= 4 is 35.6 Å². The van der Waals surface area contributed by atoms with Gasteiger partial charge in [-0.25, -0.2) is 0 Å². The third-order valence-corrected chi connectivity index (χ3v) is 7.94. The molecule has 0 aromatic rings. The zero-order valence-corrected chi connectivity index (χ0v) is 27.2. The SMILES string of the molecule is CCCCCCOC(=O)C[C@@H](S[C@H](CC(=O)OCCCCCC)C(=O)OCCCCCC)C(=O)OCCCCCC. The number of esters is 4. The van der Waals surface area contributed by atoms with Gasteiger partial charge in [0.25, 0.3) is 0 Å². The second kappa shape index (κ2) is 28.4. The standard InChI is InChI=1S/C32H58O8S/c1-5-9-13-17-21-37-29(33)25-27(31(35)39-23-19-15-11-7-3)41-28(32(36)40-24-20-16-12-8-4)26-30(34)38-22-18-14-10-6-2/h27-28H,5-26H2,1-4H3/t27-,28-/m1/s1. The molecule has 0 spiro atoms. The molecule has 0 amide bonds. The molecule has 0 bridgehead atoms. The summed E-state index contributed by atoms with van der Waals surface area (Å²) in [6, 6.07) is 0. The summed E-state index contributed by atoms with van der Waals surface area (Å²) in [5.74, 6) is -2.20. The number of unbranched alkanes of at least 4 members (excludes halogenated alkanes) is 12. The van der Waals surface area contributed by atoms with Crippen LogP contribution in [0.5, 0.6) is 0 Å². The number of hydrogen-bond acceptors (Lipinski definition) is 9. The van der Waals surface area contributed by atoms with E-state index in [0.717, 1.165) is 114 Å². The Bertz CT molecular complexity index is 629. The van der Waals surface area contributed by atoms with Gasteiger partial charge in [-0.1, -0.05) is 105 Å². The summed E-state index contributed by atoms with van der Waals surface area (Å²) in [5.41, 5.74) is 0. The van der Waals surface area contributed by atoms with Gasteiger partial charge in [0.2, 0.25) is 0 Å². The molecule has 0 rings (SSSR count). The summed E-state index contributed by atoms with van der Waals surface area (Å²) >= 11 is 0.943. The van der Waals surface area contributed by atoms with Crippen LogP contribution >= 0.6 is 11.8 Å². The number of carbonyl (C=O) groups excluding carboxylic acids is 4.